The maximum Gasteiger partial charge on any atom is 0.343 e. The molecular formula is C28H29N3O5. The van der Waals surface area contributed by atoms with Crippen LogP contribution in [0.15, 0.2) is 71.8 Å². The Kier molecular flexibility index (Phi) is 8.94. The Labute approximate surface area is 210 Å². The fraction of sp³-hybridized carbons (Fsp3) is 0.214. The van der Waals surface area contributed by atoms with Crippen LogP contribution in [0.5, 0.6) is 11.5 Å². The van der Waals surface area contributed by atoms with Gasteiger partial charge in [-0.05, 0) is 74.0 Å². The molecule has 0 spiro atoms. The van der Waals surface area contributed by atoms with E-state index in [-0.39, 0.29) is 17.6 Å². The molecule has 0 aliphatic heterocycles. The van der Waals surface area contributed by atoms with Crippen molar-refractivity contribution in [3.05, 3.63) is 89.0 Å². The Bertz CT molecular complexity index is 1250. The second kappa shape index (κ2) is 12.3. The number of hydrogen-bond donors (Lipinski definition) is 2. The van der Waals surface area contributed by atoms with Crippen LogP contribution in [0.3, 0.4) is 0 Å². The van der Waals surface area contributed by atoms with Gasteiger partial charge in [0.15, 0.2) is 11.5 Å². The summed E-state index contributed by atoms with van der Waals surface area (Å²) in [5.74, 6) is -0.458. The largest absolute Gasteiger partial charge is 0.490 e. The van der Waals surface area contributed by atoms with E-state index in [1.165, 1.54) is 6.21 Å². The topological polar surface area (TPSA) is 106 Å². The van der Waals surface area contributed by atoms with Crippen LogP contribution < -0.4 is 20.2 Å². The molecule has 0 unspecified atom stereocenters. The molecule has 3 rings (SSSR count). The van der Waals surface area contributed by atoms with Gasteiger partial charge in [-0.15, -0.1) is 0 Å². The maximum absolute atomic E-state index is 12.5. The number of rotatable bonds is 9. The molecule has 36 heavy (non-hydrogen) atoms. The van der Waals surface area contributed by atoms with Gasteiger partial charge in [0.1, 0.15) is 0 Å². The molecule has 0 saturated heterocycles. The standard InChI is InChI=1S/C28H29N3O5/c1-5-35-25-16-20(8-15-24(25)36-28(34)22-9-6-19(4)7-10-22)17-29-31-27(33)21-11-13-23(14-12-21)30-26(32)18(2)3/h6-18H,5H2,1-4H3,(H,30,32)(H,31,33)/b29-17+. The average molecular weight is 488 g/mol. The summed E-state index contributed by atoms with van der Waals surface area (Å²) in [6, 6.07) is 18.6. The summed E-state index contributed by atoms with van der Waals surface area (Å²) < 4.78 is 11.1. The van der Waals surface area contributed by atoms with Gasteiger partial charge in [0.2, 0.25) is 5.91 Å². The van der Waals surface area contributed by atoms with Crippen molar-refractivity contribution in [2.75, 3.05) is 11.9 Å². The number of amides is 2. The fourth-order valence-corrected chi connectivity index (χ4v) is 3.03. The summed E-state index contributed by atoms with van der Waals surface area (Å²) >= 11 is 0. The highest BCUT2D eigenvalue weighted by molar-refractivity contribution is 5.96. The number of benzene rings is 3. The second-order valence-corrected chi connectivity index (χ2v) is 8.32. The summed E-state index contributed by atoms with van der Waals surface area (Å²) in [5.41, 5.74) is 5.59. The number of anilines is 1. The molecule has 3 aromatic rings. The predicted molar refractivity (Wildman–Crippen MR) is 139 cm³/mol. The highest BCUT2D eigenvalue weighted by atomic mass is 16.6. The summed E-state index contributed by atoms with van der Waals surface area (Å²) in [6.45, 7) is 7.75. The van der Waals surface area contributed by atoms with Crippen molar-refractivity contribution in [1.82, 2.24) is 5.43 Å². The van der Waals surface area contributed by atoms with E-state index in [9.17, 15) is 14.4 Å². The Balaban J connectivity index is 1.63. The van der Waals surface area contributed by atoms with Crippen molar-refractivity contribution < 1.29 is 23.9 Å². The maximum atomic E-state index is 12.5. The van der Waals surface area contributed by atoms with Crippen LogP contribution in [0.25, 0.3) is 0 Å². The minimum absolute atomic E-state index is 0.0980. The summed E-state index contributed by atoms with van der Waals surface area (Å²) in [4.78, 5) is 36.6. The molecule has 0 atom stereocenters. The fourth-order valence-electron chi connectivity index (χ4n) is 3.03. The lowest BCUT2D eigenvalue weighted by Crippen LogP contribution is -2.19. The van der Waals surface area contributed by atoms with Gasteiger partial charge >= 0.3 is 5.97 Å². The smallest absolute Gasteiger partial charge is 0.343 e. The molecule has 0 saturated carbocycles. The quantitative estimate of drug-likeness (QED) is 0.192. The first kappa shape index (κ1) is 26.2. The molecule has 0 bridgehead atoms. The Morgan fingerprint density at radius 3 is 2.22 bits per heavy atom. The molecule has 0 aliphatic rings. The summed E-state index contributed by atoms with van der Waals surface area (Å²) in [5, 5.41) is 6.77. The van der Waals surface area contributed by atoms with Crippen LogP contribution in [0.4, 0.5) is 5.69 Å². The van der Waals surface area contributed by atoms with E-state index in [2.05, 4.69) is 15.8 Å². The van der Waals surface area contributed by atoms with Crippen LogP contribution in [-0.2, 0) is 4.79 Å². The van der Waals surface area contributed by atoms with E-state index >= 15 is 0 Å². The molecule has 186 valence electrons. The lowest BCUT2D eigenvalue weighted by Gasteiger charge is -2.11. The number of aryl methyl sites for hydroxylation is 1. The first-order chi connectivity index (χ1) is 17.3. The molecule has 2 N–H and O–H groups in total. The van der Waals surface area contributed by atoms with Gasteiger partial charge in [0.25, 0.3) is 5.91 Å². The number of carbonyl (C=O) groups is 3. The molecular weight excluding hydrogens is 458 g/mol. The van der Waals surface area contributed by atoms with E-state index in [0.29, 0.717) is 34.7 Å². The molecule has 0 radical (unpaired) electrons. The number of esters is 1. The highest BCUT2D eigenvalue weighted by Crippen LogP contribution is 2.29. The predicted octanol–water partition coefficient (Wildman–Crippen LogP) is 4.97. The zero-order chi connectivity index (χ0) is 26.1. The lowest BCUT2D eigenvalue weighted by atomic mass is 10.1. The molecule has 0 heterocycles. The first-order valence-electron chi connectivity index (χ1n) is 11.6. The van der Waals surface area contributed by atoms with Crippen molar-refractivity contribution in [2.45, 2.75) is 27.7 Å². The zero-order valence-electron chi connectivity index (χ0n) is 20.7. The molecule has 0 aliphatic carbocycles. The van der Waals surface area contributed by atoms with Gasteiger partial charge in [-0.25, -0.2) is 10.2 Å². The Morgan fingerprint density at radius 1 is 0.917 bits per heavy atom. The monoisotopic (exact) mass is 487 g/mol. The van der Waals surface area contributed by atoms with Gasteiger partial charge in [-0.3, -0.25) is 9.59 Å². The Hall–Kier alpha value is -4.46. The summed E-state index contributed by atoms with van der Waals surface area (Å²) in [7, 11) is 0. The first-order valence-corrected chi connectivity index (χ1v) is 11.6. The second-order valence-electron chi connectivity index (χ2n) is 8.32. The van der Waals surface area contributed by atoms with Crippen molar-refractivity contribution in [3.63, 3.8) is 0 Å². The third-order valence-corrected chi connectivity index (χ3v) is 5.08. The number of nitrogens with one attached hydrogen (secondary N) is 2. The number of hydrogen-bond acceptors (Lipinski definition) is 6. The van der Waals surface area contributed by atoms with Gasteiger partial charge < -0.3 is 14.8 Å². The van der Waals surface area contributed by atoms with E-state index in [0.717, 1.165) is 5.56 Å². The molecule has 0 fully saturated rings. The lowest BCUT2D eigenvalue weighted by molar-refractivity contribution is -0.118. The average Bonchev–Trinajstić information content (AvgIpc) is 2.86. The van der Waals surface area contributed by atoms with Gasteiger partial charge in [-0.2, -0.15) is 5.10 Å². The molecule has 8 nitrogen and oxygen atoms in total. The SMILES string of the molecule is CCOc1cc(/C=N/NC(=O)c2ccc(NC(=O)C(C)C)cc2)ccc1OC(=O)c1ccc(C)cc1. The zero-order valence-corrected chi connectivity index (χ0v) is 20.7. The van der Waals surface area contributed by atoms with Crippen LogP contribution in [0.2, 0.25) is 0 Å². The van der Waals surface area contributed by atoms with E-state index in [1.807, 2.05) is 26.0 Å². The van der Waals surface area contributed by atoms with Crippen LogP contribution in [-0.4, -0.2) is 30.6 Å². The molecule has 0 aromatic heterocycles. The van der Waals surface area contributed by atoms with Gasteiger partial charge in [0, 0.05) is 17.2 Å². The molecule has 3 aromatic carbocycles. The van der Waals surface area contributed by atoms with E-state index in [4.69, 9.17) is 9.47 Å². The third-order valence-electron chi connectivity index (χ3n) is 5.08. The van der Waals surface area contributed by atoms with Crippen molar-refractivity contribution in [2.24, 2.45) is 11.0 Å². The van der Waals surface area contributed by atoms with Crippen LogP contribution in [0.1, 0.15) is 52.6 Å². The van der Waals surface area contributed by atoms with Crippen LogP contribution in [0, 0.1) is 12.8 Å². The highest BCUT2D eigenvalue weighted by Gasteiger charge is 2.13. The van der Waals surface area contributed by atoms with Crippen molar-refractivity contribution in [3.8, 4) is 11.5 Å². The van der Waals surface area contributed by atoms with E-state index < -0.39 is 11.9 Å². The van der Waals surface area contributed by atoms with Gasteiger partial charge in [-0.1, -0.05) is 31.5 Å². The number of carbonyl (C=O) groups excluding carboxylic acids is 3. The summed E-state index contributed by atoms with van der Waals surface area (Å²) in [6.07, 6.45) is 1.46. The van der Waals surface area contributed by atoms with Gasteiger partial charge in [0.05, 0.1) is 18.4 Å². The number of hydrazone groups is 1. The number of ether oxygens (including phenoxy) is 2. The van der Waals surface area contributed by atoms with Crippen LogP contribution >= 0.6 is 0 Å². The van der Waals surface area contributed by atoms with E-state index in [1.54, 1.807) is 68.4 Å². The normalized spacial score (nSPS) is 10.8. The Morgan fingerprint density at radius 2 is 1.58 bits per heavy atom. The third kappa shape index (κ3) is 7.27. The van der Waals surface area contributed by atoms with Crippen molar-refractivity contribution >= 4 is 29.7 Å². The van der Waals surface area contributed by atoms with Crippen molar-refractivity contribution in [1.29, 1.82) is 0 Å². The number of nitrogens with zero attached hydrogens (tertiary/aromatic N) is 1. The molecule has 8 heteroatoms. The minimum atomic E-state index is -0.487. The molecule has 2 amide bonds. The minimum Gasteiger partial charge on any atom is -0.490 e.